The zero-order chi connectivity index (χ0) is 17.4. The molecule has 2 rings (SSSR count). The number of nitrogens with one attached hydrogen (secondary N) is 2. The van der Waals surface area contributed by atoms with Gasteiger partial charge in [0, 0.05) is 30.8 Å². The molecule has 0 spiro atoms. The van der Waals surface area contributed by atoms with Crippen molar-refractivity contribution in [2.24, 2.45) is 4.99 Å². The van der Waals surface area contributed by atoms with Gasteiger partial charge in [-0.15, -0.1) is 35.3 Å². The summed E-state index contributed by atoms with van der Waals surface area (Å²) in [5.41, 5.74) is 2.10. The molecule has 0 aliphatic heterocycles. The van der Waals surface area contributed by atoms with Crippen molar-refractivity contribution < 1.29 is 4.39 Å². The Kier molecular flexibility index (Phi) is 9.96. The fourth-order valence-electron chi connectivity index (χ4n) is 2.11. The van der Waals surface area contributed by atoms with E-state index in [2.05, 4.69) is 39.8 Å². The lowest BCUT2D eigenvalue weighted by Gasteiger charge is -2.10. The highest BCUT2D eigenvalue weighted by Gasteiger charge is 2.06. The van der Waals surface area contributed by atoms with E-state index in [0.29, 0.717) is 12.5 Å². The first-order valence-electron chi connectivity index (χ1n) is 8.29. The molecular formula is C18H26FIN4S. The second kappa shape index (κ2) is 11.4. The van der Waals surface area contributed by atoms with E-state index >= 15 is 0 Å². The van der Waals surface area contributed by atoms with Crippen LogP contribution in [-0.2, 0) is 13.0 Å². The van der Waals surface area contributed by atoms with Gasteiger partial charge in [-0.05, 0) is 24.6 Å². The van der Waals surface area contributed by atoms with Crippen LogP contribution in [0.25, 0.3) is 0 Å². The molecule has 0 aliphatic rings. The average Bonchev–Trinajstić information content (AvgIpc) is 3.03. The highest BCUT2D eigenvalue weighted by Crippen LogP contribution is 2.19. The summed E-state index contributed by atoms with van der Waals surface area (Å²) in [6, 6.07) is 6.43. The highest BCUT2D eigenvalue weighted by molar-refractivity contribution is 14.0. The van der Waals surface area contributed by atoms with Crippen LogP contribution >= 0.6 is 35.3 Å². The SMILES string of the molecule is CCNC(=NCc1ccc(F)cc1)NCCc1csc(C(C)C)n1.I. The van der Waals surface area contributed by atoms with Crippen molar-refractivity contribution in [1.29, 1.82) is 0 Å². The fourth-order valence-corrected chi connectivity index (χ4v) is 2.98. The molecular weight excluding hydrogens is 450 g/mol. The fraction of sp³-hybridized carbons (Fsp3) is 0.444. The van der Waals surface area contributed by atoms with Crippen LogP contribution in [0.3, 0.4) is 0 Å². The summed E-state index contributed by atoms with van der Waals surface area (Å²) in [6.07, 6.45) is 0.865. The van der Waals surface area contributed by atoms with Crippen molar-refractivity contribution in [1.82, 2.24) is 15.6 Å². The van der Waals surface area contributed by atoms with E-state index in [0.717, 1.165) is 36.7 Å². The maximum atomic E-state index is 12.9. The van der Waals surface area contributed by atoms with Gasteiger partial charge in [0.05, 0.1) is 17.2 Å². The van der Waals surface area contributed by atoms with Crippen LogP contribution in [0.5, 0.6) is 0 Å². The molecule has 2 N–H and O–H groups in total. The molecule has 0 saturated carbocycles. The quantitative estimate of drug-likeness (QED) is 0.356. The van der Waals surface area contributed by atoms with Crippen molar-refractivity contribution in [3.63, 3.8) is 0 Å². The van der Waals surface area contributed by atoms with E-state index in [1.807, 2.05) is 6.92 Å². The Morgan fingerprint density at radius 2 is 1.96 bits per heavy atom. The normalized spacial score (nSPS) is 11.3. The van der Waals surface area contributed by atoms with E-state index in [1.165, 1.54) is 17.1 Å². The summed E-state index contributed by atoms with van der Waals surface area (Å²) < 4.78 is 12.9. The van der Waals surface area contributed by atoms with E-state index in [-0.39, 0.29) is 29.8 Å². The molecule has 138 valence electrons. The van der Waals surface area contributed by atoms with Crippen molar-refractivity contribution >= 4 is 41.3 Å². The number of hydrogen-bond donors (Lipinski definition) is 2. The molecule has 7 heteroatoms. The van der Waals surface area contributed by atoms with Gasteiger partial charge in [0.1, 0.15) is 5.82 Å². The standard InChI is InChI=1S/C18H25FN4S.HI/c1-4-20-18(22-11-14-5-7-15(19)8-6-14)21-10-9-16-12-24-17(23-16)13(2)3;/h5-8,12-13H,4,9-11H2,1-3H3,(H2,20,21,22);1H. The number of guanidine groups is 1. The number of nitrogens with zero attached hydrogens (tertiary/aromatic N) is 2. The molecule has 4 nitrogen and oxygen atoms in total. The van der Waals surface area contributed by atoms with Crippen LogP contribution in [0.1, 0.15) is 43.0 Å². The molecule has 0 fully saturated rings. The second-order valence-corrected chi connectivity index (χ2v) is 6.72. The zero-order valence-corrected chi connectivity index (χ0v) is 18.0. The van der Waals surface area contributed by atoms with Crippen molar-refractivity contribution in [3.8, 4) is 0 Å². The van der Waals surface area contributed by atoms with Crippen LogP contribution in [0.15, 0.2) is 34.6 Å². The average molecular weight is 476 g/mol. The number of halogens is 2. The molecule has 0 aliphatic carbocycles. The van der Waals surface area contributed by atoms with Gasteiger partial charge in [-0.2, -0.15) is 0 Å². The third kappa shape index (κ3) is 7.68. The van der Waals surface area contributed by atoms with Crippen LogP contribution in [0.4, 0.5) is 4.39 Å². The van der Waals surface area contributed by atoms with E-state index in [1.54, 1.807) is 23.5 Å². The van der Waals surface area contributed by atoms with Crippen LogP contribution in [0.2, 0.25) is 0 Å². The molecule has 25 heavy (non-hydrogen) atoms. The Balaban J connectivity index is 0.00000312. The first-order chi connectivity index (χ1) is 11.6. The first kappa shape index (κ1) is 21.8. The van der Waals surface area contributed by atoms with E-state index in [4.69, 9.17) is 0 Å². The number of thiazole rings is 1. The molecule has 0 unspecified atom stereocenters. The third-order valence-electron chi connectivity index (χ3n) is 3.41. The van der Waals surface area contributed by atoms with Gasteiger partial charge in [-0.3, -0.25) is 0 Å². The predicted octanol–water partition coefficient (Wildman–Crippen LogP) is 4.32. The Bertz CT molecular complexity index is 655. The molecule has 1 aromatic heterocycles. The van der Waals surface area contributed by atoms with Crippen molar-refractivity contribution in [2.45, 2.75) is 39.7 Å². The topological polar surface area (TPSA) is 49.3 Å². The van der Waals surface area contributed by atoms with Gasteiger partial charge in [0.25, 0.3) is 0 Å². The lowest BCUT2D eigenvalue weighted by atomic mass is 10.2. The Labute approximate surface area is 170 Å². The largest absolute Gasteiger partial charge is 0.357 e. The molecule has 0 saturated heterocycles. The van der Waals surface area contributed by atoms with Gasteiger partial charge < -0.3 is 10.6 Å². The number of aromatic nitrogens is 1. The summed E-state index contributed by atoms with van der Waals surface area (Å²) in [6.45, 7) is 8.44. The number of benzene rings is 1. The zero-order valence-electron chi connectivity index (χ0n) is 14.9. The number of hydrogen-bond acceptors (Lipinski definition) is 3. The van der Waals surface area contributed by atoms with Gasteiger partial charge in [0.15, 0.2) is 5.96 Å². The van der Waals surface area contributed by atoms with E-state index < -0.39 is 0 Å². The minimum Gasteiger partial charge on any atom is -0.357 e. The minimum absolute atomic E-state index is 0. The van der Waals surface area contributed by atoms with Crippen molar-refractivity contribution in [3.05, 3.63) is 51.7 Å². The lowest BCUT2D eigenvalue weighted by Crippen LogP contribution is -2.38. The van der Waals surface area contributed by atoms with Crippen LogP contribution < -0.4 is 10.6 Å². The number of rotatable bonds is 7. The number of aliphatic imine (C=N–C) groups is 1. The Morgan fingerprint density at radius 1 is 1.24 bits per heavy atom. The monoisotopic (exact) mass is 476 g/mol. The second-order valence-electron chi connectivity index (χ2n) is 5.83. The summed E-state index contributed by atoms with van der Waals surface area (Å²) in [4.78, 5) is 9.17. The maximum Gasteiger partial charge on any atom is 0.191 e. The van der Waals surface area contributed by atoms with E-state index in [9.17, 15) is 4.39 Å². The highest BCUT2D eigenvalue weighted by atomic mass is 127. The van der Waals surface area contributed by atoms with Gasteiger partial charge >= 0.3 is 0 Å². The Hall–Kier alpha value is -1.22. The molecule has 1 heterocycles. The van der Waals surface area contributed by atoms with Gasteiger partial charge in [0.2, 0.25) is 0 Å². The van der Waals surface area contributed by atoms with Gasteiger partial charge in [-0.1, -0.05) is 26.0 Å². The maximum absolute atomic E-state index is 12.9. The smallest absolute Gasteiger partial charge is 0.191 e. The lowest BCUT2D eigenvalue weighted by molar-refractivity contribution is 0.627. The minimum atomic E-state index is -0.225. The molecule has 1 aromatic carbocycles. The molecule has 0 amide bonds. The molecule has 0 atom stereocenters. The van der Waals surface area contributed by atoms with Crippen LogP contribution in [0, 0.1) is 5.82 Å². The molecule has 0 radical (unpaired) electrons. The molecule has 0 bridgehead atoms. The predicted molar refractivity (Wildman–Crippen MR) is 115 cm³/mol. The summed E-state index contributed by atoms with van der Waals surface area (Å²) in [7, 11) is 0. The molecule has 2 aromatic rings. The summed E-state index contributed by atoms with van der Waals surface area (Å²) in [5, 5.41) is 9.85. The Morgan fingerprint density at radius 3 is 2.56 bits per heavy atom. The third-order valence-corrected chi connectivity index (χ3v) is 4.61. The van der Waals surface area contributed by atoms with Gasteiger partial charge in [-0.25, -0.2) is 14.4 Å². The van der Waals surface area contributed by atoms with Crippen LogP contribution in [-0.4, -0.2) is 24.0 Å². The van der Waals surface area contributed by atoms with Crippen molar-refractivity contribution in [2.75, 3.05) is 13.1 Å². The summed E-state index contributed by atoms with van der Waals surface area (Å²) in [5.74, 6) is 1.02. The summed E-state index contributed by atoms with van der Waals surface area (Å²) >= 11 is 1.72. The first-order valence-corrected chi connectivity index (χ1v) is 9.17.